The van der Waals surface area contributed by atoms with Crippen molar-refractivity contribution in [1.82, 2.24) is 4.57 Å². The fourth-order valence-electron chi connectivity index (χ4n) is 4.36. The Morgan fingerprint density at radius 2 is 1.87 bits per heavy atom. The van der Waals surface area contributed by atoms with E-state index in [0.29, 0.717) is 60.7 Å². The van der Waals surface area contributed by atoms with E-state index in [0.717, 1.165) is 12.0 Å². The molecule has 1 aliphatic rings. The number of thiazole rings is 1. The molecule has 2 heterocycles. The van der Waals surface area contributed by atoms with Crippen molar-refractivity contribution in [3.63, 3.8) is 0 Å². The molecule has 0 amide bonds. The molecule has 0 bridgehead atoms. The van der Waals surface area contributed by atoms with Gasteiger partial charge in [-0.3, -0.25) is 9.36 Å². The summed E-state index contributed by atoms with van der Waals surface area (Å²) in [5.74, 6) is 0.537. The lowest BCUT2D eigenvalue weighted by Crippen LogP contribution is -2.40. The van der Waals surface area contributed by atoms with Gasteiger partial charge in [0.15, 0.2) is 4.80 Å². The van der Waals surface area contributed by atoms with Crippen molar-refractivity contribution in [2.45, 2.75) is 39.7 Å². The van der Waals surface area contributed by atoms with Gasteiger partial charge in [-0.25, -0.2) is 9.79 Å². The smallest absolute Gasteiger partial charge is 0.338 e. The van der Waals surface area contributed by atoms with E-state index in [1.807, 2.05) is 19.9 Å². The molecule has 0 fully saturated rings. The maximum absolute atomic E-state index is 13.9. The predicted molar refractivity (Wildman–Crippen MR) is 150 cm³/mol. The number of rotatable bonds is 9. The summed E-state index contributed by atoms with van der Waals surface area (Å²) in [6.45, 7) is 6.31. The molecule has 0 aliphatic carbocycles. The number of nitrogens with zero attached hydrogens (tertiary/aromatic N) is 2. The zero-order chi connectivity index (χ0) is 27.4. The second kappa shape index (κ2) is 12.2. The van der Waals surface area contributed by atoms with Crippen molar-refractivity contribution >= 4 is 46.6 Å². The highest BCUT2D eigenvalue weighted by Gasteiger charge is 2.36. The van der Waals surface area contributed by atoms with Crippen LogP contribution >= 0.6 is 34.5 Å². The number of hydrogen-bond donors (Lipinski definition) is 0. The van der Waals surface area contributed by atoms with Gasteiger partial charge < -0.3 is 14.2 Å². The van der Waals surface area contributed by atoms with E-state index in [4.69, 9.17) is 42.4 Å². The van der Waals surface area contributed by atoms with Crippen LogP contribution in [0.5, 0.6) is 11.5 Å². The van der Waals surface area contributed by atoms with E-state index in [1.54, 1.807) is 43.3 Å². The van der Waals surface area contributed by atoms with Gasteiger partial charge in [0.1, 0.15) is 17.5 Å². The van der Waals surface area contributed by atoms with E-state index in [-0.39, 0.29) is 12.2 Å². The Hall–Kier alpha value is -3.07. The monoisotopic (exact) mass is 574 g/mol. The molecule has 1 aromatic heterocycles. The number of ether oxygens (including phenoxy) is 3. The third-order valence-electron chi connectivity index (χ3n) is 5.93. The molecule has 38 heavy (non-hydrogen) atoms. The molecular formula is C28H28Cl2N2O5S. The molecule has 4 rings (SSSR count). The first-order valence-corrected chi connectivity index (χ1v) is 13.9. The summed E-state index contributed by atoms with van der Waals surface area (Å²) in [5.41, 5.74) is 1.89. The Labute approximate surface area is 234 Å². The normalized spacial score (nSPS) is 15.2. The molecule has 1 aliphatic heterocycles. The topological polar surface area (TPSA) is 79.1 Å². The summed E-state index contributed by atoms with van der Waals surface area (Å²) in [6, 6.07) is 9.65. The third-order valence-corrected chi connectivity index (χ3v) is 7.45. The van der Waals surface area contributed by atoms with Crippen molar-refractivity contribution in [3.05, 3.63) is 88.5 Å². The first-order chi connectivity index (χ1) is 18.3. The van der Waals surface area contributed by atoms with Crippen LogP contribution in [0.2, 0.25) is 10.0 Å². The maximum atomic E-state index is 13.9. The van der Waals surface area contributed by atoms with Gasteiger partial charge in [-0.05, 0) is 62.2 Å². The van der Waals surface area contributed by atoms with Gasteiger partial charge in [-0.2, -0.15) is 0 Å². The van der Waals surface area contributed by atoms with Crippen LogP contribution in [0.4, 0.5) is 0 Å². The first kappa shape index (κ1) is 28.0. The van der Waals surface area contributed by atoms with E-state index in [9.17, 15) is 9.59 Å². The highest BCUT2D eigenvalue weighted by molar-refractivity contribution is 7.07. The van der Waals surface area contributed by atoms with Gasteiger partial charge in [-0.1, -0.05) is 53.9 Å². The van der Waals surface area contributed by atoms with Crippen LogP contribution in [-0.4, -0.2) is 30.9 Å². The summed E-state index contributed by atoms with van der Waals surface area (Å²) in [5, 5.41) is 0.897. The molecule has 0 spiro atoms. The average molecular weight is 576 g/mol. The Morgan fingerprint density at radius 3 is 2.53 bits per heavy atom. The molecule has 1 atom stereocenters. The number of carbonyl (C=O) groups excluding carboxylic acids is 1. The summed E-state index contributed by atoms with van der Waals surface area (Å²) in [6.07, 6.45) is 3.04. The van der Waals surface area contributed by atoms with Crippen LogP contribution in [0.15, 0.2) is 57.5 Å². The number of allylic oxidation sites excluding steroid dienone is 1. The standard InChI is InChI=1S/C28H28Cl2N2O5S/c1-5-8-20-24(27(34)37-7-3)25(18-15-17(29)10-12-21(18)35-4)32-26(33)23(38-28(32)31-20)14-16-9-11-22(36-6-2)19(30)13-16/h9-15,25H,5-8H2,1-4H3/b23-14+/t25-/m1/s1. The highest BCUT2D eigenvalue weighted by Crippen LogP contribution is 2.38. The zero-order valence-electron chi connectivity index (χ0n) is 21.5. The number of benzene rings is 2. The molecule has 2 aromatic carbocycles. The summed E-state index contributed by atoms with van der Waals surface area (Å²) >= 11 is 14.0. The number of fused-ring (bicyclic) bond motifs is 1. The van der Waals surface area contributed by atoms with Crippen molar-refractivity contribution in [3.8, 4) is 11.5 Å². The number of carbonyl (C=O) groups is 1. The van der Waals surface area contributed by atoms with Gasteiger partial charge in [0.25, 0.3) is 5.56 Å². The summed E-state index contributed by atoms with van der Waals surface area (Å²) in [7, 11) is 1.53. The van der Waals surface area contributed by atoms with Crippen LogP contribution in [0, 0.1) is 0 Å². The Morgan fingerprint density at radius 1 is 1.11 bits per heavy atom. The molecule has 3 aromatic rings. The Balaban J connectivity index is 2.00. The van der Waals surface area contributed by atoms with Crippen LogP contribution in [0.25, 0.3) is 6.08 Å². The van der Waals surface area contributed by atoms with E-state index in [1.165, 1.54) is 23.0 Å². The number of hydrogen-bond acceptors (Lipinski definition) is 7. The zero-order valence-corrected chi connectivity index (χ0v) is 23.9. The van der Waals surface area contributed by atoms with Gasteiger partial charge in [-0.15, -0.1) is 0 Å². The van der Waals surface area contributed by atoms with Crippen LogP contribution < -0.4 is 24.4 Å². The molecular weight excluding hydrogens is 547 g/mol. The lowest BCUT2D eigenvalue weighted by molar-refractivity contribution is -0.139. The van der Waals surface area contributed by atoms with Crippen molar-refractivity contribution < 1.29 is 19.0 Å². The average Bonchev–Trinajstić information content (AvgIpc) is 3.19. The molecule has 0 saturated heterocycles. The predicted octanol–water partition coefficient (Wildman–Crippen LogP) is 5.29. The van der Waals surface area contributed by atoms with Gasteiger partial charge >= 0.3 is 5.97 Å². The van der Waals surface area contributed by atoms with Crippen molar-refractivity contribution in [2.24, 2.45) is 4.99 Å². The first-order valence-electron chi connectivity index (χ1n) is 12.3. The van der Waals surface area contributed by atoms with Crippen LogP contribution in [0.1, 0.15) is 50.8 Å². The Bertz CT molecular complexity index is 1570. The molecule has 10 heteroatoms. The lowest BCUT2D eigenvalue weighted by Gasteiger charge is -2.27. The number of aromatic nitrogens is 1. The van der Waals surface area contributed by atoms with E-state index in [2.05, 4.69) is 0 Å². The molecule has 0 unspecified atom stereocenters. The second-order valence-electron chi connectivity index (χ2n) is 8.42. The van der Waals surface area contributed by atoms with Gasteiger partial charge in [0.05, 0.1) is 41.1 Å². The summed E-state index contributed by atoms with van der Waals surface area (Å²) < 4.78 is 18.5. The van der Waals surface area contributed by atoms with Crippen molar-refractivity contribution in [1.29, 1.82) is 0 Å². The highest BCUT2D eigenvalue weighted by atomic mass is 35.5. The maximum Gasteiger partial charge on any atom is 0.338 e. The molecule has 0 radical (unpaired) electrons. The lowest BCUT2D eigenvalue weighted by atomic mass is 9.93. The quantitative estimate of drug-likeness (QED) is 0.324. The minimum absolute atomic E-state index is 0.185. The molecule has 200 valence electrons. The SMILES string of the molecule is CCCC1=C(C(=O)OCC)[C@@H](c2cc(Cl)ccc2OC)n2c(s/c(=C/c3ccc(OCC)c(Cl)c3)c2=O)=N1. The summed E-state index contributed by atoms with van der Waals surface area (Å²) in [4.78, 5) is 32.5. The van der Waals surface area contributed by atoms with E-state index < -0.39 is 12.0 Å². The van der Waals surface area contributed by atoms with Crippen molar-refractivity contribution in [2.75, 3.05) is 20.3 Å². The number of methoxy groups -OCH3 is 1. The van der Waals surface area contributed by atoms with Gasteiger partial charge in [0.2, 0.25) is 0 Å². The van der Waals surface area contributed by atoms with Crippen LogP contribution in [-0.2, 0) is 9.53 Å². The fraction of sp³-hybridized carbons (Fsp3) is 0.321. The minimum Gasteiger partial charge on any atom is -0.496 e. The van der Waals surface area contributed by atoms with Gasteiger partial charge in [0, 0.05) is 10.6 Å². The third kappa shape index (κ3) is 5.53. The fourth-order valence-corrected chi connectivity index (χ4v) is 5.81. The second-order valence-corrected chi connectivity index (χ2v) is 10.3. The number of esters is 1. The Kier molecular flexibility index (Phi) is 8.97. The minimum atomic E-state index is -0.827. The molecule has 0 N–H and O–H groups in total. The van der Waals surface area contributed by atoms with E-state index >= 15 is 0 Å². The number of halogens is 2. The molecule has 0 saturated carbocycles. The molecule has 7 nitrogen and oxygen atoms in total. The largest absolute Gasteiger partial charge is 0.496 e. The van der Waals surface area contributed by atoms with Crippen LogP contribution in [0.3, 0.4) is 0 Å².